The number of halogens is 1. The summed E-state index contributed by atoms with van der Waals surface area (Å²) in [6.45, 7) is 2.45. The zero-order valence-corrected chi connectivity index (χ0v) is 11.6. The van der Waals surface area contributed by atoms with Gasteiger partial charge in [-0.3, -0.25) is 10.1 Å². The molecule has 21 heavy (non-hydrogen) atoms. The lowest BCUT2D eigenvalue weighted by Crippen LogP contribution is -2.06. The van der Waals surface area contributed by atoms with Crippen LogP contribution < -0.4 is 10.1 Å². The summed E-state index contributed by atoms with van der Waals surface area (Å²) >= 11 is 0. The smallest absolute Gasteiger partial charge is 0.314 e. The normalized spacial score (nSPS) is 10.4. The maximum Gasteiger partial charge on any atom is 0.314 e. The summed E-state index contributed by atoms with van der Waals surface area (Å²) in [4.78, 5) is 14.4. The lowest BCUT2D eigenvalue weighted by atomic mass is 10.2. The highest BCUT2D eigenvalue weighted by Crippen LogP contribution is 2.32. The summed E-state index contributed by atoms with van der Waals surface area (Å²) in [6, 6.07) is 5.01. The number of benzene rings is 1. The van der Waals surface area contributed by atoms with Crippen LogP contribution in [0.2, 0.25) is 0 Å². The van der Waals surface area contributed by atoms with Crippen molar-refractivity contribution in [3.63, 3.8) is 0 Å². The third kappa shape index (κ3) is 3.51. The molecule has 0 saturated carbocycles. The minimum atomic E-state index is -0.692. The average molecular weight is 291 g/mol. The van der Waals surface area contributed by atoms with Crippen molar-refractivity contribution in [1.82, 2.24) is 10.3 Å². The predicted molar refractivity (Wildman–Crippen MR) is 74.9 cm³/mol. The first-order valence-corrected chi connectivity index (χ1v) is 6.23. The molecule has 1 aromatic heterocycles. The number of aryl methyl sites for hydroxylation is 1. The largest absolute Gasteiger partial charge is 0.432 e. The number of nitro benzene ring substituents is 1. The molecule has 2 rings (SSSR count). The zero-order valence-electron chi connectivity index (χ0n) is 11.6. The second-order valence-corrected chi connectivity index (χ2v) is 4.47. The van der Waals surface area contributed by atoms with Crippen molar-refractivity contribution in [2.75, 3.05) is 7.05 Å². The average Bonchev–Trinajstić information content (AvgIpc) is 2.43. The Morgan fingerprint density at radius 2 is 2.19 bits per heavy atom. The van der Waals surface area contributed by atoms with Crippen LogP contribution in [-0.2, 0) is 6.54 Å². The molecule has 0 bridgehead atoms. The van der Waals surface area contributed by atoms with Gasteiger partial charge in [0, 0.05) is 18.3 Å². The van der Waals surface area contributed by atoms with Gasteiger partial charge in [0.05, 0.1) is 11.0 Å². The van der Waals surface area contributed by atoms with Crippen LogP contribution in [0.1, 0.15) is 11.1 Å². The van der Waals surface area contributed by atoms with E-state index < -0.39 is 16.4 Å². The first-order valence-electron chi connectivity index (χ1n) is 6.23. The van der Waals surface area contributed by atoms with Crippen LogP contribution in [0.15, 0.2) is 30.5 Å². The Kier molecular flexibility index (Phi) is 4.44. The molecule has 0 aliphatic carbocycles. The minimum Gasteiger partial charge on any atom is -0.432 e. The van der Waals surface area contributed by atoms with E-state index in [2.05, 4.69) is 10.3 Å². The Bertz CT molecular complexity index is 677. The topological polar surface area (TPSA) is 77.3 Å². The number of hydrogen-bond donors (Lipinski definition) is 1. The fourth-order valence-corrected chi connectivity index (χ4v) is 1.85. The number of rotatable bonds is 5. The standard InChI is InChI=1S/C14H14FN3O3/c1-9-5-10(7-16-2)8-17-14(9)21-13-4-3-11(15)6-12(13)18(19)20/h3-6,8,16H,7H2,1-2H3. The first kappa shape index (κ1) is 14.9. The molecule has 0 fully saturated rings. The number of nitrogens with zero attached hydrogens (tertiary/aromatic N) is 2. The third-order valence-corrected chi connectivity index (χ3v) is 2.79. The van der Waals surface area contributed by atoms with E-state index in [1.807, 2.05) is 13.1 Å². The molecule has 1 aromatic carbocycles. The maximum absolute atomic E-state index is 13.1. The molecule has 0 unspecified atom stereocenters. The summed E-state index contributed by atoms with van der Waals surface area (Å²) in [6.07, 6.45) is 1.62. The van der Waals surface area contributed by atoms with Crippen molar-refractivity contribution in [1.29, 1.82) is 0 Å². The Labute approximate surface area is 120 Å². The monoisotopic (exact) mass is 291 g/mol. The highest BCUT2D eigenvalue weighted by Gasteiger charge is 2.18. The Morgan fingerprint density at radius 1 is 1.43 bits per heavy atom. The second-order valence-electron chi connectivity index (χ2n) is 4.47. The fourth-order valence-electron chi connectivity index (χ4n) is 1.85. The summed E-state index contributed by atoms with van der Waals surface area (Å²) in [5.41, 5.74) is 1.27. The lowest BCUT2D eigenvalue weighted by molar-refractivity contribution is -0.385. The van der Waals surface area contributed by atoms with Crippen LogP contribution in [0.4, 0.5) is 10.1 Å². The van der Waals surface area contributed by atoms with E-state index in [1.54, 1.807) is 13.1 Å². The number of pyridine rings is 1. The van der Waals surface area contributed by atoms with Crippen LogP contribution in [0, 0.1) is 22.9 Å². The van der Waals surface area contributed by atoms with Gasteiger partial charge in [-0.25, -0.2) is 9.37 Å². The third-order valence-electron chi connectivity index (χ3n) is 2.79. The number of ether oxygens (including phenoxy) is 1. The Hall–Kier alpha value is -2.54. The molecular formula is C14H14FN3O3. The van der Waals surface area contributed by atoms with Crippen LogP contribution >= 0.6 is 0 Å². The summed E-state index contributed by atoms with van der Waals surface area (Å²) in [7, 11) is 1.82. The molecule has 0 aliphatic heterocycles. The molecule has 0 amide bonds. The van der Waals surface area contributed by atoms with Gasteiger partial charge in [-0.1, -0.05) is 0 Å². The van der Waals surface area contributed by atoms with Crippen LogP contribution in [0.25, 0.3) is 0 Å². The van der Waals surface area contributed by atoms with Gasteiger partial charge in [0.1, 0.15) is 5.82 Å². The summed E-state index contributed by atoms with van der Waals surface area (Å²) in [5.74, 6) is -0.481. The molecule has 0 spiro atoms. The molecule has 0 saturated heterocycles. The van der Waals surface area contributed by atoms with Crippen molar-refractivity contribution in [2.45, 2.75) is 13.5 Å². The number of nitro groups is 1. The van der Waals surface area contributed by atoms with Gasteiger partial charge in [0.25, 0.3) is 0 Å². The van der Waals surface area contributed by atoms with Crippen molar-refractivity contribution in [3.05, 3.63) is 57.5 Å². The van der Waals surface area contributed by atoms with Crippen LogP contribution in [-0.4, -0.2) is 17.0 Å². The Balaban J connectivity index is 2.32. The number of nitrogens with one attached hydrogen (secondary N) is 1. The van der Waals surface area contributed by atoms with E-state index in [0.717, 1.165) is 23.3 Å². The summed E-state index contributed by atoms with van der Waals surface area (Å²) < 4.78 is 18.5. The highest BCUT2D eigenvalue weighted by molar-refractivity contribution is 5.48. The van der Waals surface area contributed by atoms with Gasteiger partial charge >= 0.3 is 5.69 Å². The van der Waals surface area contributed by atoms with Gasteiger partial charge in [-0.2, -0.15) is 0 Å². The van der Waals surface area contributed by atoms with E-state index >= 15 is 0 Å². The second kappa shape index (κ2) is 6.27. The van der Waals surface area contributed by atoms with E-state index in [4.69, 9.17) is 4.74 Å². The van der Waals surface area contributed by atoms with Gasteiger partial charge in [-0.15, -0.1) is 0 Å². The van der Waals surface area contributed by atoms with Gasteiger partial charge < -0.3 is 10.1 Å². The van der Waals surface area contributed by atoms with Crippen LogP contribution in [0.3, 0.4) is 0 Å². The van der Waals surface area contributed by atoms with Crippen LogP contribution in [0.5, 0.6) is 11.6 Å². The van der Waals surface area contributed by atoms with E-state index in [0.29, 0.717) is 6.54 Å². The minimum absolute atomic E-state index is 0.0432. The van der Waals surface area contributed by atoms with Crippen molar-refractivity contribution in [2.24, 2.45) is 0 Å². The van der Waals surface area contributed by atoms with Crippen molar-refractivity contribution in [3.8, 4) is 11.6 Å². The maximum atomic E-state index is 13.1. The fraction of sp³-hybridized carbons (Fsp3) is 0.214. The first-order chi connectivity index (χ1) is 10.0. The molecule has 0 atom stereocenters. The van der Waals surface area contributed by atoms with Crippen molar-refractivity contribution >= 4 is 5.69 Å². The molecular weight excluding hydrogens is 277 g/mol. The van der Waals surface area contributed by atoms with Gasteiger partial charge in [0.15, 0.2) is 0 Å². The molecule has 1 N–H and O–H groups in total. The van der Waals surface area contributed by atoms with E-state index in [-0.39, 0.29) is 11.6 Å². The van der Waals surface area contributed by atoms with Gasteiger partial charge in [0.2, 0.25) is 11.6 Å². The van der Waals surface area contributed by atoms with Crippen molar-refractivity contribution < 1.29 is 14.1 Å². The zero-order chi connectivity index (χ0) is 15.4. The Morgan fingerprint density at radius 3 is 2.81 bits per heavy atom. The molecule has 110 valence electrons. The molecule has 0 radical (unpaired) electrons. The summed E-state index contributed by atoms with van der Waals surface area (Å²) in [5, 5.41) is 13.9. The molecule has 7 heteroatoms. The number of hydrogen-bond acceptors (Lipinski definition) is 5. The van der Waals surface area contributed by atoms with Gasteiger partial charge in [-0.05, 0) is 37.7 Å². The van der Waals surface area contributed by atoms with E-state index in [1.165, 1.54) is 6.07 Å². The quantitative estimate of drug-likeness (QED) is 0.677. The molecule has 0 aliphatic rings. The number of aromatic nitrogens is 1. The highest BCUT2D eigenvalue weighted by atomic mass is 19.1. The molecule has 1 heterocycles. The predicted octanol–water partition coefficient (Wildman–Crippen LogP) is 2.95. The van der Waals surface area contributed by atoms with E-state index in [9.17, 15) is 14.5 Å². The molecule has 2 aromatic rings. The SMILES string of the molecule is CNCc1cnc(Oc2ccc(F)cc2[N+](=O)[O-])c(C)c1. The molecule has 6 nitrogen and oxygen atoms in total. The lowest BCUT2D eigenvalue weighted by Gasteiger charge is -2.09.